The van der Waals surface area contributed by atoms with Crippen molar-refractivity contribution in [3.63, 3.8) is 0 Å². The standard InChI is InChI=1S/C23H18N2O2/c1-2-18-4-3-5-21(16-18)25-23(26)11-8-19-6-9-22(10-7-19)27-17-20-12-14-24-15-13-20/h1,3-16H,17H2,(H,25,26). The first-order chi connectivity index (χ1) is 13.2. The predicted octanol–water partition coefficient (Wildman–Crippen LogP) is 4.29. The fraction of sp³-hybridized carbons (Fsp3) is 0.0435. The molecule has 0 spiro atoms. The van der Waals surface area contributed by atoms with E-state index >= 15 is 0 Å². The van der Waals surface area contributed by atoms with Crippen molar-refractivity contribution < 1.29 is 9.53 Å². The molecular formula is C23H18N2O2. The molecule has 0 unspecified atom stereocenters. The fourth-order valence-corrected chi connectivity index (χ4v) is 2.36. The maximum Gasteiger partial charge on any atom is 0.248 e. The van der Waals surface area contributed by atoms with Gasteiger partial charge in [0.25, 0.3) is 0 Å². The maximum atomic E-state index is 12.0. The van der Waals surface area contributed by atoms with E-state index in [9.17, 15) is 4.79 Å². The number of carbonyl (C=O) groups excluding carboxylic acids is 1. The van der Waals surface area contributed by atoms with E-state index in [0.717, 1.165) is 22.4 Å². The molecule has 0 bridgehead atoms. The van der Waals surface area contributed by atoms with Crippen LogP contribution in [-0.2, 0) is 11.4 Å². The Hall–Kier alpha value is -3.84. The smallest absolute Gasteiger partial charge is 0.248 e. The molecule has 27 heavy (non-hydrogen) atoms. The second-order valence-electron chi connectivity index (χ2n) is 5.76. The average molecular weight is 354 g/mol. The van der Waals surface area contributed by atoms with Crippen molar-refractivity contribution in [2.24, 2.45) is 0 Å². The monoisotopic (exact) mass is 354 g/mol. The number of nitrogens with zero attached hydrogens (tertiary/aromatic N) is 1. The van der Waals surface area contributed by atoms with Crippen LogP contribution in [-0.4, -0.2) is 10.9 Å². The number of anilines is 1. The van der Waals surface area contributed by atoms with Gasteiger partial charge in [0.1, 0.15) is 12.4 Å². The Kier molecular flexibility index (Phi) is 6.00. The third kappa shape index (κ3) is 5.58. The third-order valence-electron chi connectivity index (χ3n) is 3.76. The maximum absolute atomic E-state index is 12.0. The number of ether oxygens (including phenoxy) is 1. The van der Waals surface area contributed by atoms with Gasteiger partial charge in [0.05, 0.1) is 0 Å². The Morgan fingerprint density at radius 3 is 2.63 bits per heavy atom. The van der Waals surface area contributed by atoms with Crippen molar-refractivity contribution in [1.29, 1.82) is 0 Å². The molecule has 0 saturated carbocycles. The number of aromatic nitrogens is 1. The van der Waals surface area contributed by atoms with Gasteiger partial charge in [-0.3, -0.25) is 9.78 Å². The van der Waals surface area contributed by atoms with Gasteiger partial charge < -0.3 is 10.1 Å². The van der Waals surface area contributed by atoms with E-state index in [4.69, 9.17) is 11.2 Å². The van der Waals surface area contributed by atoms with E-state index in [1.54, 1.807) is 36.7 Å². The van der Waals surface area contributed by atoms with Crippen LogP contribution in [0, 0.1) is 12.3 Å². The van der Waals surface area contributed by atoms with Gasteiger partial charge in [-0.05, 0) is 59.7 Å². The van der Waals surface area contributed by atoms with Gasteiger partial charge in [-0.25, -0.2) is 0 Å². The van der Waals surface area contributed by atoms with Crippen LogP contribution in [0.4, 0.5) is 5.69 Å². The van der Waals surface area contributed by atoms with Crippen molar-refractivity contribution in [3.05, 3.63) is 95.8 Å². The third-order valence-corrected chi connectivity index (χ3v) is 3.76. The van der Waals surface area contributed by atoms with Crippen molar-refractivity contribution in [1.82, 2.24) is 4.98 Å². The summed E-state index contributed by atoms with van der Waals surface area (Å²) in [6.45, 7) is 0.483. The molecular weight excluding hydrogens is 336 g/mol. The highest BCUT2D eigenvalue weighted by molar-refractivity contribution is 6.02. The highest BCUT2D eigenvalue weighted by atomic mass is 16.5. The molecule has 0 aliphatic rings. The number of benzene rings is 2. The largest absolute Gasteiger partial charge is 0.489 e. The molecule has 3 rings (SSSR count). The molecule has 0 aliphatic carbocycles. The number of hydrogen-bond acceptors (Lipinski definition) is 3. The highest BCUT2D eigenvalue weighted by Crippen LogP contribution is 2.15. The Balaban J connectivity index is 1.54. The van der Waals surface area contributed by atoms with E-state index in [1.165, 1.54) is 6.08 Å². The van der Waals surface area contributed by atoms with Crippen molar-refractivity contribution in [2.75, 3.05) is 5.32 Å². The molecule has 3 aromatic rings. The van der Waals surface area contributed by atoms with Crippen LogP contribution in [0.15, 0.2) is 79.1 Å². The van der Waals surface area contributed by atoms with Gasteiger partial charge in [-0.1, -0.05) is 24.1 Å². The molecule has 0 fully saturated rings. The SMILES string of the molecule is C#Cc1cccc(NC(=O)C=Cc2ccc(OCc3ccncc3)cc2)c1. The lowest BCUT2D eigenvalue weighted by Gasteiger charge is -2.06. The molecule has 132 valence electrons. The lowest BCUT2D eigenvalue weighted by atomic mass is 10.2. The first-order valence-electron chi connectivity index (χ1n) is 8.40. The summed E-state index contributed by atoms with van der Waals surface area (Å²) in [5.41, 5.74) is 3.34. The predicted molar refractivity (Wildman–Crippen MR) is 107 cm³/mol. The summed E-state index contributed by atoms with van der Waals surface area (Å²) in [6, 6.07) is 18.5. The summed E-state index contributed by atoms with van der Waals surface area (Å²) < 4.78 is 5.73. The molecule has 1 N–H and O–H groups in total. The first kappa shape index (κ1) is 18.0. The van der Waals surface area contributed by atoms with Crippen LogP contribution in [0.1, 0.15) is 16.7 Å². The van der Waals surface area contributed by atoms with E-state index < -0.39 is 0 Å². The number of hydrogen-bond donors (Lipinski definition) is 1. The van der Waals surface area contributed by atoms with Gasteiger partial charge in [0.2, 0.25) is 5.91 Å². The van der Waals surface area contributed by atoms with E-state index in [-0.39, 0.29) is 5.91 Å². The number of amides is 1. The zero-order chi connectivity index (χ0) is 18.9. The molecule has 0 atom stereocenters. The topological polar surface area (TPSA) is 51.2 Å². The van der Waals surface area contributed by atoms with Crippen molar-refractivity contribution in [3.8, 4) is 18.1 Å². The minimum Gasteiger partial charge on any atom is -0.489 e. The van der Waals surface area contributed by atoms with Crippen LogP contribution in [0.3, 0.4) is 0 Å². The number of terminal acetylenes is 1. The quantitative estimate of drug-likeness (QED) is 0.531. The molecule has 1 amide bonds. The molecule has 1 heterocycles. The Morgan fingerprint density at radius 2 is 1.89 bits per heavy atom. The van der Waals surface area contributed by atoms with Crippen molar-refractivity contribution >= 4 is 17.7 Å². The average Bonchev–Trinajstić information content (AvgIpc) is 2.72. The summed E-state index contributed by atoms with van der Waals surface area (Å²) in [4.78, 5) is 16.0. The second kappa shape index (κ2) is 9.02. The molecule has 0 saturated heterocycles. The minimum atomic E-state index is -0.220. The van der Waals surface area contributed by atoms with Crippen LogP contribution < -0.4 is 10.1 Å². The van der Waals surface area contributed by atoms with E-state index in [0.29, 0.717) is 12.3 Å². The Bertz CT molecular complexity index is 971. The molecule has 1 aromatic heterocycles. The lowest BCUT2D eigenvalue weighted by Crippen LogP contribution is -2.07. The van der Waals surface area contributed by atoms with Crippen molar-refractivity contribution in [2.45, 2.75) is 6.61 Å². The van der Waals surface area contributed by atoms with Crippen LogP contribution in [0.2, 0.25) is 0 Å². The van der Waals surface area contributed by atoms with Gasteiger partial charge >= 0.3 is 0 Å². The molecule has 0 radical (unpaired) electrons. The van der Waals surface area contributed by atoms with Gasteiger partial charge in [-0.15, -0.1) is 6.42 Å². The normalized spacial score (nSPS) is 10.3. The van der Waals surface area contributed by atoms with Crippen LogP contribution in [0.5, 0.6) is 5.75 Å². The minimum absolute atomic E-state index is 0.220. The zero-order valence-corrected chi connectivity index (χ0v) is 14.6. The van der Waals surface area contributed by atoms with Crippen LogP contribution >= 0.6 is 0 Å². The molecule has 4 nitrogen and oxygen atoms in total. The highest BCUT2D eigenvalue weighted by Gasteiger charge is 1.99. The van der Waals surface area contributed by atoms with Gasteiger partial charge in [0, 0.05) is 29.7 Å². The fourth-order valence-electron chi connectivity index (χ4n) is 2.36. The summed E-state index contributed by atoms with van der Waals surface area (Å²) in [6.07, 6.45) is 12.1. The van der Waals surface area contributed by atoms with Gasteiger partial charge in [0.15, 0.2) is 0 Å². The molecule has 2 aromatic carbocycles. The number of nitrogens with one attached hydrogen (secondary N) is 1. The van der Waals surface area contributed by atoms with E-state index in [2.05, 4.69) is 16.2 Å². The summed E-state index contributed by atoms with van der Waals surface area (Å²) in [7, 11) is 0. The number of rotatable bonds is 6. The van der Waals surface area contributed by atoms with Crippen LogP contribution in [0.25, 0.3) is 6.08 Å². The van der Waals surface area contributed by atoms with Gasteiger partial charge in [-0.2, -0.15) is 0 Å². The Morgan fingerprint density at radius 1 is 1.11 bits per heavy atom. The second-order valence-corrected chi connectivity index (χ2v) is 5.76. The molecule has 0 aliphatic heterocycles. The summed E-state index contributed by atoms with van der Waals surface area (Å²) in [5, 5.41) is 2.79. The number of carbonyl (C=O) groups is 1. The molecule has 4 heteroatoms. The zero-order valence-electron chi connectivity index (χ0n) is 14.6. The lowest BCUT2D eigenvalue weighted by molar-refractivity contribution is -0.111. The van der Waals surface area contributed by atoms with E-state index in [1.807, 2.05) is 42.5 Å². The summed E-state index contributed by atoms with van der Waals surface area (Å²) >= 11 is 0. The summed E-state index contributed by atoms with van der Waals surface area (Å²) in [5.74, 6) is 3.08. The first-order valence-corrected chi connectivity index (χ1v) is 8.40. The number of pyridine rings is 1. The Labute approximate surface area is 158 Å².